The van der Waals surface area contributed by atoms with Gasteiger partial charge in [0, 0.05) is 18.0 Å². The maximum atomic E-state index is 12.1. The van der Waals surface area contributed by atoms with Crippen LogP contribution in [0.15, 0.2) is 53.7 Å². The Balaban J connectivity index is 2.03. The maximum Gasteiger partial charge on any atom is 0.336 e. The lowest BCUT2D eigenvalue weighted by molar-refractivity contribution is 0.0699. The number of fused-ring (bicyclic) bond motifs is 5. The molecule has 8 heteroatoms. The normalized spacial score (nSPS) is 12.5. The molecule has 0 unspecified atom stereocenters. The summed E-state index contributed by atoms with van der Waals surface area (Å²) in [5, 5.41) is 16.3. The molecular weight excluding hydrogens is 366 g/mol. The molecular formula is C19H11N3O4S. The number of sulfonamides is 1. The molecule has 0 saturated heterocycles. The second-order valence-electron chi connectivity index (χ2n) is 6.29. The van der Waals surface area contributed by atoms with Crippen molar-refractivity contribution in [2.45, 2.75) is 4.90 Å². The molecule has 0 spiro atoms. The third kappa shape index (κ3) is 2.05. The zero-order valence-electron chi connectivity index (χ0n) is 13.7. The lowest BCUT2D eigenvalue weighted by Crippen LogP contribution is -2.13. The van der Waals surface area contributed by atoms with E-state index < -0.39 is 16.0 Å². The minimum Gasteiger partial charge on any atom is -0.478 e. The molecule has 0 saturated carbocycles. The largest absolute Gasteiger partial charge is 0.478 e. The molecule has 7 nitrogen and oxygen atoms in total. The van der Waals surface area contributed by atoms with E-state index in [0.29, 0.717) is 16.5 Å². The van der Waals surface area contributed by atoms with Crippen molar-refractivity contribution in [2.75, 3.05) is 0 Å². The standard InChI is InChI=1S/C19H11N3O4S/c20-27(25,26)14-8-13-10-4-5-11(19(23)24)9-2-1-3-12(15(9)10)16(13)18-17(14)21-6-7-22-18/h1-8H,(H,23,24)(H2,20,25,26). The monoisotopic (exact) mass is 377 g/mol. The Hall–Kier alpha value is -3.36. The van der Waals surface area contributed by atoms with Gasteiger partial charge in [-0.25, -0.2) is 18.4 Å². The average molecular weight is 377 g/mol. The van der Waals surface area contributed by atoms with Crippen LogP contribution in [0.4, 0.5) is 0 Å². The van der Waals surface area contributed by atoms with Crippen LogP contribution in [-0.4, -0.2) is 29.5 Å². The molecule has 0 aliphatic heterocycles. The first-order valence-corrected chi connectivity index (χ1v) is 9.53. The van der Waals surface area contributed by atoms with Gasteiger partial charge in [-0.2, -0.15) is 0 Å². The number of nitrogens with two attached hydrogens (primary N) is 1. The van der Waals surface area contributed by atoms with Gasteiger partial charge in [0.2, 0.25) is 10.0 Å². The molecule has 3 N–H and O–H groups in total. The Morgan fingerprint density at radius 1 is 0.963 bits per heavy atom. The van der Waals surface area contributed by atoms with Crippen molar-refractivity contribution in [3.63, 3.8) is 0 Å². The van der Waals surface area contributed by atoms with Gasteiger partial charge in [0.25, 0.3) is 0 Å². The number of aromatic nitrogens is 2. The maximum absolute atomic E-state index is 12.1. The molecule has 0 amide bonds. The highest BCUT2D eigenvalue weighted by atomic mass is 32.2. The number of hydrogen-bond donors (Lipinski definition) is 2. The number of primary sulfonamides is 1. The number of carboxylic acid groups (broad SMARTS) is 1. The molecule has 1 heterocycles. The number of benzene rings is 3. The Morgan fingerprint density at radius 2 is 1.70 bits per heavy atom. The summed E-state index contributed by atoms with van der Waals surface area (Å²) in [6.45, 7) is 0. The topological polar surface area (TPSA) is 123 Å². The van der Waals surface area contributed by atoms with Crippen LogP contribution in [0.5, 0.6) is 0 Å². The van der Waals surface area contributed by atoms with E-state index in [1.165, 1.54) is 24.5 Å². The first-order valence-electron chi connectivity index (χ1n) is 7.98. The van der Waals surface area contributed by atoms with Crippen molar-refractivity contribution >= 4 is 37.8 Å². The lowest BCUT2D eigenvalue weighted by Gasteiger charge is -2.09. The summed E-state index contributed by atoms with van der Waals surface area (Å²) < 4.78 is 24.3. The average Bonchev–Trinajstić information content (AvgIpc) is 2.96. The van der Waals surface area contributed by atoms with E-state index in [0.717, 1.165) is 22.1 Å². The lowest BCUT2D eigenvalue weighted by atomic mass is 9.98. The van der Waals surface area contributed by atoms with Gasteiger partial charge in [-0.1, -0.05) is 24.3 Å². The molecule has 1 aliphatic rings. The van der Waals surface area contributed by atoms with Gasteiger partial charge < -0.3 is 5.11 Å². The first kappa shape index (κ1) is 15.9. The second kappa shape index (κ2) is 5.09. The minimum absolute atomic E-state index is 0.104. The third-order valence-corrected chi connectivity index (χ3v) is 5.77. The highest BCUT2D eigenvalue weighted by Crippen LogP contribution is 2.51. The van der Waals surface area contributed by atoms with Crippen molar-refractivity contribution in [2.24, 2.45) is 5.14 Å². The van der Waals surface area contributed by atoms with Gasteiger partial charge >= 0.3 is 5.97 Å². The summed E-state index contributed by atoms with van der Waals surface area (Å²) in [6.07, 6.45) is 2.90. The number of aromatic carboxylic acids is 1. The number of nitrogens with zero attached hydrogens (tertiary/aromatic N) is 2. The van der Waals surface area contributed by atoms with E-state index in [2.05, 4.69) is 9.97 Å². The van der Waals surface area contributed by atoms with Gasteiger partial charge in [-0.3, -0.25) is 9.97 Å². The van der Waals surface area contributed by atoms with E-state index in [1.54, 1.807) is 18.2 Å². The van der Waals surface area contributed by atoms with Gasteiger partial charge in [0.15, 0.2) is 0 Å². The van der Waals surface area contributed by atoms with E-state index in [-0.39, 0.29) is 16.0 Å². The summed E-state index contributed by atoms with van der Waals surface area (Å²) >= 11 is 0. The molecule has 4 aromatic rings. The number of carbonyl (C=O) groups is 1. The number of carboxylic acids is 1. The van der Waals surface area contributed by atoms with Crippen LogP contribution >= 0.6 is 0 Å². The van der Waals surface area contributed by atoms with Crippen LogP contribution in [0, 0.1) is 0 Å². The van der Waals surface area contributed by atoms with Gasteiger partial charge in [-0.15, -0.1) is 0 Å². The van der Waals surface area contributed by atoms with Crippen LogP contribution in [0.3, 0.4) is 0 Å². The summed E-state index contributed by atoms with van der Waals surface area (Å²) in [6, 6.07) is 10.1. The Labute approximate surface area is 153 Å². The van der Waals surface area contributed by atoms with Crippen LogP contribution in [0.1, 0.15) is 10.4 Å². The number of hydrogen-bond acceptors (Lipinski definition) is 5. The number of rotatable bonds is 2. The second-order valence-corrected chi connectivity index (χ2v) is 7.82. The zero-order valence-corrected chi connectivity index (χ0v) is 14.5. The first-order chi connectivity index (χ1) is 12.9. The fraction of sp³-hybridized carbons (Fsp3) is 0. The van der Waals surface area contributed by atoms with Crippen molar-refractivity contribution in [3.05, 3.63) is 54.4 Å². The van der Waals surface area contributed by atoms with E-state index in [1.807, 2.05) is 6.07 Å². The van der Waals surface area contributed by atoms with Crippen LogP contribution in [0.25, 0.3) is 44.1 Å². The molecule has 132 valence electrons. The highest BCUT2D eigenvalue weighted by molar-refractivity contribution is 7.89. The Bertz CT molecular complexity index is 1430. The van der Waals surface area contributed by atoms with E-state index in [4.69, 9.17) is 5.14 Å². The molecule has 0 bridgehead atoms. The molecule has 0 radical (unpaired) electrons. The molecule has 1 aromatic heterocycles. The van der Waals surface area contributed by atoms with Crippen molar-refractivity contribution in [1.29, 1.82) is 0 Å². The predicted molar refractivity (Wildman–Crippen MR) is 99.8 cm³/mol. The summed E-state index contributed by atoms with van der Waals surface area (Å²) in [7, 11) is -4.03. The van der Waals surface area contributed by atoms with Crippen molar-refractivity contribution in [3.8, 4) is 22.3 Å². The van der Waals surface area contributed by atoms with Crippen LogP contribution in [0.2, 0.25) is 0 Å². The smallest absolute Gasteiger partial charge is 0.336 e. The molecule has 0 atom stereocenters. The summed E-state index contributed by atoms with van der Waals surface area (Å²) in [4.78, 5) is 20.0. The van der Waals surface area contributed by atoms with Crippen molar-refractivity contribution in [1.82, 2.24) is 9.97 Å². The van der Waals surface area contributed by atoms with Crippen LogP contribution in [-0.2, 0) is 10.0 Å². The van der Waals surface area contributed by atoms with E-state index >= 15 is 0 Å². The quantitative estimate of drug-likeness (QED) is 0.487. The van der Waals surface area contributed by atoms with E-state index in [9.17, 15) is 18.3 Å². The fourth-order valence-electron chi connectivity index (χ4n) is 3.83. The molecule has 0 fully saturated rings. The van der Waals surface area contributed by atoms with Gasteiger partial charge in [0.1, 0.15) is 10.4 Å². The SMILES string of the molecule is NS(=O)(=O)c1cc2c(c3nccnc13)-c1cccc3c(C(=O)O)ccc-2c13. The fourth-order valence-corrected chi connectivity index (χ4v) is 4.53. The summed E-state index contributed by atoms with van der Waals surface area (Å²) in [5.41, 5.74) is 3.72. The Kier molecular flexibility index (Phi) is 2.99. The highest BCUT2D eigenvalue weighted by Gasteiger charge is 2.29. The third-order valence-electron chi connectivity index (χ3n) is 4.85. The molecule has 27 heavy (non-hydrogen) atoms. The predicted octanol–water partition coefficient (Wildman–Crippen LogP) is 2.78. The molecule has 1 aliphatic carbocycles. The van der Waals surface area contributed by atoms with Gasteiger partial charge in [-0.05, 0) is 39.6 Å². The zero-order chi connectivity index (χ0) is 18.9. The Morgan fingerprint density at radius 3 is 2.41 bits per heavy atom. The van der Waals surface area contributed by atoms with Crippen LogP contribution < -0.4 is 5.14 Å². The van der Waals surface area contributed by atoms with Gasteiger partial charge in [0.05, 0.1) is 11.1 Å². The summed E-state index contributed by atoms with van der Waals surface area (Å²) in [5.74, 6) is -1.02. The van der Waals surface area contributed by atoms with Crippen molar-refractivity contribution < 1.29 is 18.3 Å². The molecule has 3 aromatic carbocycles. The molecule has 5 rings (SSSR count). The minimum atomic E-state index is -4.03.